The van der Waals surface area contributed by atoms with Gasteiger partial charge in [-0.1, -0.05) is 12.1 Å². The van der Waals surface area contributed by atoms with E-state index in [4.69, 9.17) is 0 Å². The molecule has 17 heavy (non-hydrogen) atoms. The maximum Gasteiger partial charge on any atom is 0.261 e. The van der Waals surface area contributed by atoms with E-state index >= 15 is 0 Å². The van der Waals surface area contributed by atoms with Crippen LogP contribution < -0.4 is 5.32 Å². The number of carbonyl (C=O) groups is 2. The Morgan fingerprint density at radius 2 is 1.76 bits per heavy atom. The summed E-state index contributed by atoms with van der Waals surface area (Å²) >= 11 is 0. The number of carbonyl (C=O) groups excluding carboxylic acids is 2. The second-order valence-electron chi connectivity index (χ2n) is 4.53. The first-order valence-corrected chi connectivity index (χ1v) is 5.96. The summed E-state index contributed by atoms with van der Waals surface area (Å²) in [5.41, 5.74) is 1.09. The molecule has 1 N–H and O–H groups in total. The third-order valence-corrected chi connectivity index (χ3v) is 3.46. The van der Waals surface area contributed by atoms with E-state index in [2.05, 4.69) is 5.32 Å². The third kappa shape index (κ3) is 1.56. The summed E-state index contributed by atoms with van der Waals surface area (Å²) in [6.45, 7) is 1.69. The molecular weight excluding hydrogens is 216 g/mol. The van der Waals surface area contributed by atoms with Gasteiger partial charge in [0.1, 0.15) is 0 Å². The van der Waals surface area contributed by atoms with Gasteiger partial charge in [-0.3, -0.25) is 14.5 Å². The van der Waals surface area contributed by atoms with Crippen LogP contribution in [0.15, 0.2) is 24.3 Å². The van der Waals surface area contributed by atoms with Gasteiger partial charge >= 0.3 is 0 Å². The number of piperidine rings is 1. The Labute approximate surface area is 99.6 Å². The number of fused-ring (bicyclic) bond motifs is 1. The van der Waals surface area contributed by atoms with Crippen molar-refractivity contribution >= 4 is 11.8 Å². The van der Waals surface area contributed by atoms with Gasteiger partial charge in [-0.25, -0.2) is 0 Å². The first kappa shape index (κ1) is 10.5. The molecule has 1 atom stereocenters. The Hall–Kier alpha value is -1.68. The van der Waals surface area contributed by atoms with E-state index < -0.39 is 0 Å². The Kier molecular flexibility index (Phi) is 2.44. The molecule has 88 valence electrons. The number of benzene rings is 1. The highest BCUT2D eigenvalue weighted by Crippen LogP contribution is 2.26. The number of hydrogen-bond acceptors (Lipinski definition) is 3. The number of nitrogens with one attached hydrogen (secondary N) is 1. The molecule has 4 nitrogen and oxygen atoms in total. The number of hydrogen-bond donors (Lipinski definition) is 1. The second-order valence-corrected chi connectivity index (χ2v) is 4.53. The van der Waals surface area contributed by atoms with Gasteiger partial charge in [-0.05, 0) is 31.5 Å². The molecule has 1 saturated heterocycles. The molecule has 2 aliphatic heterocycles. The molecule has 1 aromatic rings. The lowest BCUT2D eigenvalue weighted by atomic mass is 10.1. The van der Waals surface area contributed by atoms with Crippen LogP contribution in [0.1, 0.15) is 33.6 Å². The van der Waals surface area contributed by atoms with Crippen molar-refractivity contribution in [3.8, 4) is 0 Å². The van der Waals surface area contributed by atoms with Gasteiger partial charge in [0.15, 0.2) is 0 Å². The standard InChI is InChI=1S/C13H14N2O2/c16-12-10-5-1-2-6-11(10)13(17)15(12)9-4-3-7-14-8-9/h1-2,5-6,9,14H,3-4,7-8H2/t9-/m0/s1. The minimum absolute atomic E-state index is 0.0103. The Bertz CT molecular complexity index is 443. The van der Waals surface area contributed by atoms with E-state index in [1.54, 1.807) is 24.3 Å². The Balaban J connectivity index is 1.94. The van der Waals surface area contributed by atoms with E-state index in [1.165, 1.54) is 4.90 Å². The van der Waals surface area contributed by atoms with E-state index in [-0.39, 0.29) is 17.9 Å². The van der Waals surface area contributed by atoms with Gasteiger partial charge in [0.25, 0.3) is 11.8 Å². The third-order valence-electron chi connectivity index (χ3n) is 3.46. The van der Waals surface area contributed by atoms with Crippen LogP contribution in [-0.4, -0.2) is 35.8 Å². The highest BCUT2D eigenvalue weighted by atomic mass is 16.2. The van der Waals surface area contributed by atoms with Crippen LogP contribution in [0.25, 0.3) is 0 Å². The van der Waals surface area contributed by atoms with E-state index in [9.17, 15) is 9.59 Å². The highest BCUT2D eigenvalue weighted by molar-refractivity contribution is 6.21. The molecule has 2 amide bonds. The van der Waals surface area contributed by atoms with Gasteiger partial charge in [0, 0.05) is 6.54 Å². The summed E-state index contributed by atoms with van der Waals surface area (Å²) in [7, 11) is 0. The number of nitrogens with zero attached hydrogens (tertiary/aromatic N) is 1. The zero-order valence-electron chi connectivity index (χ0n) is 9.48. The van der Waals surface area contributed by atoms with Crippen LogP contribution in [0.2, 0.25) is 0 Å². The van der Waals surface area contributed by atoms with Gasteiger partial charge in [-0.2, -0.15) is 0 Å². The average Bonchev–Trinajstić information content (AvgIpc) is 2.64. The van der Waals surface area contributed by atoms with Crippen molar-refractivity contribution in [3.05, 3.63) is 35.4 Å². The largest absolute Gasteiger partial charge is 0.315 e. The summed E-state index contributed by atoms with van der Waals surface area (Å²) < 4.78 is 0. The van der Waals surface area contributed by atoms with Gasteiger partial charge in [0.05, 0.1) is 17.2 Å². The zero-order valence-corrected chi connectivity index (χ0v) is 9.48. The molecule has 1 fully saturated rings. The Morgan fingerprint density at radius 3 is 2.29 bits per heavy atom. The lowest BCUT2D eigenvalue weighted by Crippen LogP contribution is -2.48. The fourth-order valence-corrected chi connectivity index (χ4v) is 2.59. The minimum Gasteiger partial charge on any atom is -0.315 e. The monoisotopic (exact) mass is 230 g/mol. The molecule has 1 aromatic carbocycles. The topological polar surface area (TPSA) is 49.4 Å². The molecular formula is C13H14N2O2. The predicted molar refractivity (Wildman–Crippen MR) is 62.8 cm³/mol. The Morgan fingerprint density at radius 1 is 1.12 bits per heavy atom. The number of imide groups is 1. The smallest absolute Gasteiger partial charge is 0.261 e. The van der Waals surface area contributed by atoms with Gasteiger partial charge in [0.2, 0.25) is 0 Å². The summed E-state index contributed by atoms with van der Waals surface area (Å²) in [6.07, 6.45) is 1.91. The first-order chi connectivity index (χ1) is 8.29. The zero-order chi connectivity index (χ0) is 11.8. The lowest BCUT2D eigenvalue weighted by Gasteiger charge is -2.29. The van der Waals surface area contributed by atoms with Crippen molar-refractivity contribution in [3.63, 3.8) is 0 Å². The quantitative estimate of drug-likeness (QED) is 0.733. The molecule has 0 saturated carbocycles. The molecule has 0 unspecified atom stereocenters. The molecule has 2 heterocycles. The molecule has 0 bridgehead atoms. The molecule has 0 spiro atoms. The van der Waals surface area contributed by atoms with Crippen LogP contribution in [0.5, 0.6) is 0 Å². The van der Waals surface area contributed by atoms with Crippen LogP contribution in [-0.2, 0) is 0 Å². The molecule has 0 aromatic heterocycles. The van der Waals surface area contributed by atoms with Gasteiger partial charge < -0.3 is 5.32 Å². The molecule has 0 radical (unpaired) electrons. The van der Waals surface area contributed by atoms with E-state index in [1.807, 2.05) is 0 Å². The molecule has 2 aliphatic rings. The van der Waals surface area contributed by atoms with Crippen LogP contribution in [0.3, 0.4) is 0 Å². The van der Waals surface area contributed by atoms with E-state index in [0.717, 1.165) is 19.4 Å². The summed E-state index contributed by atoms with van der Waals surface area (Å²) in [5.74, 6) is -0.279. The SMILES string of the molecule is O=C1c2ccccc2C(=O)N1[C@H]1CCCNC1. The average molecular weight is 230 g/mol. The number of amides is 2. The predicted octanol–water partition coefficient (Wildman–Crippen LogP) is 1.03. The molecule has 4 heteroatoms. The summed E-state index contributed by atoms with van der Waals surface area (Å²) in [4.78, 5) is 25.8. The van der Waals surface area contributed by atoms with Crippen molar-refractivity contribution in [2.75, 3.05) is 13.1 Å². The fraction of sp³-hybridized carbons (Fsp3) is 0.385. The molecule has 3 rings (SSSR count). The van der Waals surface area contributed by atoms with Crippen molar-refractivity contribution in [2.24, 2.45) is 0 Å². The van der Waals surface area contributed by atoms with E-state index in [0.29, 0.717) is 17.7 Å². The van der Waals surface area contributed by atoms with Crippen LogP contribution in [0.4, 0.5) is 0 Å². The minimum atomic E-state index is -0.140. The highest BCUT2D eigenvalue weighted by Gasteiger charge is 2.39. The van der Waals surface area contributed by atoms with Crippen molar-refractivity contribution in [1.29, 1.82) is 0 Å². The maximum absolute atomic E-state index is 12.2. The maximum atomic E-state index is 12.2. The van der Waals surface area contributed by atoms with Crippen LogP contribution in [0, 0.1) is 0 Å². The van der Waals surface area contributed by atoms with Crippen molar-refractivity contribution in [1.82, 2.24) is 10.2 Å². The molecule has 0 aliphatic carbocycles. The van der Waals surface area contributed by atoms with Crippen molar-refractivity contribution in [2.45, 2.75) is 18.9 Å². The van der Waals surface area contributed by atoms with Gasteiger partial charge in [-0.15, -0.1) is 0 Å². The first-order valence-electron chi connectivity index (χ1n) is 5.96. The van der Waals surface area contributed by atoms with Crippen LogP contribution >= 0.6 is 0 Å². The normalized spacial score (nSPS) is 24.0. The lowest BCUT2D eigenvalue weighted by molar-refractivity contribution is 0.0561. The summed E-state index contributed by atoms with van der Waals surface area (Å²) in [6, 6.07) is 7.06. The van der Waals surface area contributed by atoms with Crippen molar-refractivity contribution < 1.29 is 9.59 Å². The number of rotatable bonds is 1. The second kappa shape index (κ2) is 3.96. The summed E-state index contributed by atoms with van der Waals surface area (Å²) in [5, 5.41) is 3.23. The fourth-order valence-electron chi connectivity index (χ4n) is 2.59.